The number of nitrogens with zero attached hydrogens (tertiary/aromatic N) is 1. The third-order valence-corrected chi connectivity index (χ3v) is 6.21. The first-order valence-electron chi connectivity index (χ1n) is 6.11. The molecule has 1 amide bonds. The fourth-order valence-corrected chi connectivity index (χ4v) is 3.91. The van der Waals surface area contributed by atoms with Crippen LogP contribution in [0.1, 0.15) is 33.1 Å². The van der Waals surface area contributed by atoms with Crippen LogP contribution in [-0.4, -0.2) is 43.5 Å². The number of amides is 1. The van der Waals surface area contributed by atoms with Gasteiger partial charge in [0.1, 0.15) is 0 Å². The van der Waals surface area contributed by atoms with Gasteiger partial charge in [0, 0.05) is 26.1 Å². The van der Waals surface area contributed by atoms with E-state index in [1.165, 1.54) is 0 Å². The lowest BCUT2D eigenvalue weighted by Crippen LogP contribution is -2.46. The van der Waals surface area contributed by atoms with Crippen LogP contribution < -0.4 is 5.32 Å². The lowest BCUT2D eigenvalue weighted by Gasteiger charge is -2.38. The zero-order valence-corrected chi connectivity index (χ0v) is 11.2. The fourth-order valence-electron chi connectivity index (χ4n) is 2.62. The molecule has 0 aliphatic carbocycles. The molecule has 0 atom stereocenters. The Balaban J connectivity index is 2.02. The topological polar surface area (TPSA) is 66.5 Å². The Morgan fingerprint density at radius 2 is 1.88 bits per heavy atom. The lowest BCUT2D eigenvalue weighted by atomic mass is 9.78. The maximum Gasteiger partial charge on any atom is 0.220 e. The van der Waals surface area contributed by atoms with Gasteiger partial charge in [-0.15, -0.1) is 0 Å². The zero-order valence-electron chi connectivity index (χ0n) is 10.4. The van der Waals surface area contributed by atoms with Crippen LogP contribution in [0.3, 0.4) is 0 Å². The maximum absolute atomic E-state index is 12.0. The van der Waals surface area contributed by atoms with Gasteiger partial charge in [0.25, 0.3) is 0 Å². The highest BCUT2D eigenvalue weighted by Crippen LogP contribution is 2.38. The van der Waals surface area contributed by atoms with E-state index in [2.05, 4.69) is 5.32 Å². The van der Waals surface area contributed by atoms with E-state index < -0.39 is 10.0 Å². The summed E-state index contributed by atoms with van der Waals surface area (Å²) in [5.74, 6) is 0.102. The van der Waals surface area contributed by atoms with Gasteiger partial charge in [0.15, 0.2) is 0 Å². The summed E-state index contributed by atoms with van der Waals surface area (Å²) in [6, 6.07) is 0. The van der Waals surface area contributed by atoms with Gasteiger partial charge in [0.2, 0.25) is 15.9 Å². The summed E-state index contributed by atoms with van der Waals surface area (Å²) in [5.41, 5.74) is 0.0140. The van der Waals surface area contributed by atoms with Crippen molar-refractivity contribution in [2.75, 3.05) is 19.6 Å². The van der Waals surface area contributed by atoms with Crippen molar-refractivity contribution in [3.63, 3.8) is 0 Å². The van der Waals surface area contributed by atoms with E-state index in [1.54, 1.807) is 18.2 Å². The molecule has 98 valence electrons. The zero-order chi connectivity index (χ0) is 12.7. The fraction of sp³-hybridized carbons (Fsp3) is 0.909. The highest BCUT2D eigenvalue weighted by molar-refractivity contribution is 7.89. The van der Waals surface area contributed by atoms with Crippen molar-refractivity contribution in [2.45, 2.75) is 38.4 Å². The van der Waals surface area contributed by atoms with Gasteiger partial charge in [-0.25, -0.2) is 12.7 Å². The van der Waals surface area contributed by atoms with Crippen molar-refractivity contribution in [1.29, 1.82) is 0 Å². The highest BCUT2D eigenvalue weighted by Gasteiger charge is 2.43. The average molecular weight is 260 g/mol. The SMILES string of the molecule is CC(C)S(=O)(=O)N1CCC2(CC1)CNC(=O)C2. The molecule has 0 saturated carbocycles. The molecular weight excluding hydrogens is 240 g/mol. The van der Waals surface area contributed by atoms with Crippen molar-refractivity contribution >= 4 is 15.9 Å². The van der Waals surface area contributed by atoms with Gasteiger partial charge < -0.3 is 5.32 Å². The van der Waals surface area contributed by atoms with Crippen molar-refractivity contribution in [1.82, 2.24) is 9.62 Å². The molecule has 0 aromatic rings. The molecule has 2 saturated heterocycles. The quantitative estimate of drug-likeness (QED) is 0.778. The summed E-state index contributed by atoms with van der Waals surface area (Å²) < 4.78 is 25.6. The lowest BCUT2D eigenvalue weighted by molar-refractivity contribution is -0.119. The molecule has 2 aliphatic heterocycles. The van der Waals surface area contributed by atoms with Crippen LogP contribution in [0, 0.1) is 5.41 Å². The van der Waals surface area contributed by atoms with Crippen LogP contribution in [0.5, 0.6) is 0 Å². The first-order valence-corrected chi connectivity index (χ1v) is 7.62. The highest BCUT2D eigenvalue weighted by atomic mass is 32.2. The number of carbonyl (C=O) groups excluding carboxylic acids is 1. The van der Waals surface area contributed by atoms with Gasteiger partial charge >= 0.3 is 0 Å². The first-order chi connectivity index (χ1) is 7.86. The number of carbonyl (C=O) groups is 1. The number of piperidine rings is 1. The Kier molecular flexibility index (Phi) is 3.20. The molecule has 1 N–H and O–H groups in total. The third-order valence-electron chi connectivity index (χ3n) is 3.93. The number of nitrogens with one attached hydrogen (secondary N) is 1. The Morgan fingerprint density at radius 3 is 2.29 bits per heavy atom. The van der Waals surface area contributed by atoms with Gasteiger partial charge in [-0.2, -0.15) is 0 Å². The monoisotopic (exact) mass is 260 g/mol. The van der Waals surface area contributed by atoms with Crippen LogP contribution in [0.2, 0.25) is 0 Å². The van der Waals surface area contributed by atoms with Crippen LogP contribution in [0.25, 0.3) is 0 Å². The Morgan fingerprint density at radius 1 is 1.29 bits per heavy atom. The largest absolute Gasteiger partial charge is 0.356 e. The predicted octanol–water partition coefficient (Wildman–Crippen LogP) is 0.327. The molecule has 0 aromatic heterocycles. The van der Waals surface area contributed by atoms with Crippen LogP contribution in [-0.2, 0) is 14.8 Å². The molecule has 2 heterocycles. The first kappa shape index (κ1) is 12.8. The second-order valence-corrected chi connectivity index (χ2v) is 7.94. The normalized spacial score (nSPS) is 25.5. The summed E-state index contributed by atoms with van der Waals surface area (Å²) in [6.45, 7) is 5.23. The number of hydrogen-bond donors (Lipinski definition) is 1. The molecule has 2 rings (SSSR count). The smallest absolute Gasteiger partial charge is 0.220 e. The van der Waals surface area contributed by atoms with Crippen molar-refractivity contribution < 1.29 is 13.2 Å². The Hall–Kier alpha value is -0.620. The van der Waals surface area contributed by atoms with Crippen LogP contribution >= 0.6 is 0 Å². The second kappa shape index (κ2) is 4.24. The molecule has 17 heavy (non-hydrogen) atoms. The van der Waals surface area contributed by atoms with Gasteiger partial charge in [-0.3, -0.25) is 4.79 Å². The number of hydrogen-bond acceptors (Lipinski definition) is 3. The van der Waals surface area contributed by atoms with Crippen molar-refractivity contribution in [3.05, 3.63) is 0 Å². The van der Waals surface area contributed by atoms with E-state index in [9.17, 15) is 13.2 Å². The standard InChI is InChI=1S/C11H20N2O3S/c1-9(2)17(15,16)13-5-3-11(4-6-13)7-10(14)12-8-11/h9H,3-8H2,1-2H3,(H,12,14). The minimum Gasteiger partial charge on any atom is -0.356 e. The number of rotatable bonds is 2. The summed E-state index contributed by atoms with van der Waals surface area (Å²) in [6.07, 6.45) is 2.14. The van der Waals surface area contributed by atoms with Gasteiger partial charge in [-0.1, -0.05) is 0 Å². The van der Waals surface area contributed by atoms with Crippen LogP contribution in [0.4, 0.5) is 0 Å². The predicted molar refractivity (Wildman–Crippen MR) is 64.9 cm³/mol. The second-order valence-electron chi connectivity index (χ2n) is 5.45. The molecule has 1 spiro atoms. The van der Waals surface area contributed by atoms with E-state index in [0.717, 1.165) is 12.8 Å². The maximum atomic E-state index is 12.0. The van der Waals surface area contributed by atoms with Crippen molar-refractivity contribution in [2.24, 2.45) is 5.41 Å². The number of sulfonamides is 1. The Bertz CT molecular complexity index is 408. The van der Waals surface area contributed by atoms with E-state index in [1.807, 2.05) is 0 Å². The summed E-state index contributed by atoms with van der Waals surface area (Å²) in [7, 11) is -3.13. The Labute approximate surface area is 103 Å². The van der Waals surface area contributed by atoms with E-state index in [-0.39, 0.29) is 16.6 Å². The average Bonchev–Trinajstić information content (AvgIpc) is 2.60. The molecular formula is C11H20N2O3S. The molecule has 0 unspecified atom stereocenters. The molecule has 0 bridgehead atoms. The van der Waals surface area contributed by atoms with Gasteiger partial charge in [-0.05, 0) is 32.1 Å². The summed E-state index contributed by atoms with van der Waals surface area (Å²) in [4.78, 5) is 11.3. The molecule has 5 nitrogen and oxygen atoms in total. The molecule has 6 heteroatoms. The third kappa shape index (κ3) is 2.33. The van der Waals surface area contributed by atoms with E-state index >= 15 is 0 Å². The van der Waals surface area contributed by atoms with E-state index in [4.69, 9.17) is 0 Å². The molecule has 2 fully saturated rings. The van der Waals surface area contributed by atoms with Crippen molar-refractivity contribution in [3.8, 4) is 0 Å². The minimum absolute atomic E-state index is 0.0140. The van der Waals surface area contributed by atoms with E-state index in [0.29, 0.717) is 26.1 Å². The van der Waals surface area contributed by atoms with Crippen LogP contribution in [0.15, 0.2) is 0 Å². The molecule has 0 radical (unpaired) electrons. The van der Waals surface area contributed by atoms with Gasteiger partial charge in [0.05, 0.1) is 5.25 Å². The summed E-state index contributed by atoms with van der Waals surface area (Å²) in [5, 5.41) is 2.49. The molecule has 2 aliphatic rings. The summed E-state index contributed by atoms with van der Waals surface area (Å²) >= 11 is 0. The molecule has 0 aromatic carbocycles. The minimum atomic E-state index is -3.13.